The maximum atomic E-state index is 13.0. The van der Waals surface area contributed by atoms with Gasteiger partial charge in [0.15, 0.2) is 5.96 Å². The Morgan fingerprint density at radius 3 is 2.44 bits per heavy atom. The summed E-state index contributed by atoms with van der Waals surface area (Å²) in [5.41, 5.74) is 2.49. The van der Waals surface area contributed by atoms with Crippen LogP contribution in [-0.4, -0.2) is 33.2 Å². The van der Waals surface area contributed by atoms with Crippen molar-refractivity contribution in [3.8, 4) is 5.75 Å². The zero-order chi connectivity index (χ0) is 18.4. The molecular weight excluding hydrogens is 456 g/mol. The number of hydrogen-bond donors (Lipinski definition) is 2. The SMILES string of the molecule is CN=C(NCCc1ccc(F)cc1)NCC1(c2ccccc2OC)CC1.I. The van der Waals surface area contributed by atoms with Crippen LogP contribution in [0.25, 0.3) is 0 Å². The maximum Gasteiger partial charge on any atom is 0.191 e. The summed E-state index contributed by atoms with van der Waals surface area (Å²) in [6.45, 7) is 1.57. The Balaban J connectivity index is 0.00000261. The highest BCUT2D eigenvalue weighted by molar-refractivity contribution is 14.0. The Morgan fingerprint density at radius 1 is 1.11 bits per heavy atom. The van der Waals surface area contributed by atoms with E-state index in [0.29, 0.717) is 0 Å². The molecule has 0 aliphatic heterocycles. The first-order valence-electron chi connectivity index (χ1n) is 8.99. The second-order valence-electron chi connectivity index (χ2n) is 6.71. The second kappa shape index (κ2) is 9.92. The summed E-state index contributed by atoms with van der Waals surface area (Å²) >= 11 is 0. The molecule has 0 unspecified atom stereocenters. The standard InChI is InChI=1S/C21H26FN3O.HI/c1-23-20(24-14-11-16-7-9-17(22)10-8-16)25-15-21(12-13-21)18-5-3-4-6-19(18)26-2;/h3-10H,11-15H2,1-2H3,(H2,23,24,25);1H. The van der Waals surface area contributed by atoms with E-state index in [1.807, 2.05) is 24.3 Å². The van der Waals surface area contributed by atoms with Crippen molar-refractivity contribution >= 4 is 29.9 Å². The predicted molar refractivity (Wildman–Crippen MR) is 119 cm³/mol. The third-order valence-corrected chi connectivity index (χ3v) is 4.97. The highest BCUT2D eigenvalue weighted by Gasteiger charge is 2.46. The van der Waals surface area contributed by atoms with Crippen LogP contribution in [0.5, 0.6) is 5.75 Å². The van der Waals surface area contributed by atoms with E-state index >= 15 is 0 Å². The number of guanidine groups is 1. The molecule has 27 heavy (non-hydrogen) atoms. The molecule has 0 saturated heterocycles. The summed E-state index contributed by atoms with van der Waals surface area (Å²) in [6, 6.07) is 14.8. The van der Waals surface area contributed by atoms with Crippen LogP contribution < -0.4 is 15.4 Å². The molecular formula is C21H27FIN3O. The Morgan fingerprint density at radius 2 is 1.81 bits per heavy atom. The fourth-order valence-electron chi connectivity index (χ4n) is 3.22. The minimum Gasteiger partial charge on any atom is -0.496 e. The van der Waals surface area contributed by atoms with E-state index in [1.54, 1.807) is 14.2 Å². The number of nitrogens with one attached hydrogen (secondary N) is 2. The zero-order valence-electron chi connectivity index (χ0n) is 15.8. The van der Waals surface area contributed by atoms with E-state index in [9.17, 15) is 4.39 Å². The molecule has 146 valence electrons. The maximum absolute atomic E-state index is 13.0. The van der Waals surface area contributed by atoms with Crippen molar-refractivity contribution in [2.45, 2.75) is 24.7 Å². The topological polar surface area (TPSA) is 45.7 Å². The van der Waals surface area contributed by atoms with Crippen molar-refractivity contribution in [1.82, 2.24) is 10.6 Å². The fraction of sp³-hybridized carbons (Fsp3) is 0.381. The van der Waals surface area contributed by atoms with E-state index in [1.165, 1.54) is 17.7 Å². The van der Waals surface area contributed by atoms with Crippen LogP contribution in [0.15, 0.2) is 53.5 Å². The number of ether oxygens (including phenoxy) is 1. The lowest BCUT2D eigenvalue weighted by Crippen LogP contribution is -2.42. The molecule has 0 atom stereocenters. The second-order valence-corrected chi connectivity index (χ2v) is 6.71. The van der Waals surface area contributed by atoms with Crippen molar-refractivity contribution in [3.63, 3.8) is 0 Å². The monoisotopic (exact) mass is 483 g/mol. The van der Waals surface area contributed by atoms with Crippen molar-refractivity contribution in [2.24, 2.45) is 4.99 Å². The lowest BCUT2D eigenvalue weighted by Gasteiger charge is -2.21. The van der Waals surface area contributed by atoms with Crippen molar-refractivity contribution < 1.29 is 9.13 Å². The summed E-state index contributed by atoms with van der Waals surface area (Å²) in [4.78, 5) is 4.30. The van der Waals surface area contributed by atoms with Crippen molar-refractivity contribution in [1.29, 1.82) is 0 Å². The van der Waals surface area contributed by atoms with Gasteiger partial charge in [-0.25, -0.2) is 4.39 Å². The van der Waals surface area contributed by atoms with Crippen LogP contribution in [0, 0.1) is 5.82 Å². The summed E-state index contributed by atoms with van der Waals surface area (Å²) in [5.74, 6) is 1.53. The Bertz CT molecular complexity index is 760. The zero-order valence-corrected chi connectivity index (χ0v) is 18.1. The number of aliphatic imine (C=N–C) groups is 1. The molecule has 0 radical (unpaired) electrons. The number of nitrogens with zero attached hydrogens (tertiary/aromatic N) is 1. The Labute approximate surface area is 177 Å². The number of rotatable bonds is 7. The summed E-state index contributed by atoms with van der Waals surface area (Å²) < 4.78 is 18.5. The van der Waals surface area contributed by atoms with E-state index in [4.69, 9.17) is 4.74 Å². The molecule has 1 aliphatic rings. The average molecular weight is 483 g/mol. The summed E-state index contributed by atoms with van der Waals surface area (Å²) in [6.07, 6.45) is 3.11. The highest BCUT2D eigenvalue weighted by Crippen LogP contribution is 2.50. The van der Waals surface area contributed by atoms with Gasteiger partial charge in [0.1, 0.15) is 11.6 Å². The van der Waals surface area contributed by atoms with Gasteiger partial charge in [0.25, 0.3) is 0 Å². The molecule has 1 aliphatic carbocycles. The lowest BCUT2D eigenvalue weighted by molar-refractivity contribution is 0.403. The van der Waals surface area contributed by atoms with Gasteiger partial charge >= 0.3 is 0 Å². The first-order valence-corrected chi connectivity index (χ1v) is 8.99. The fourth-order valence-corrected chi connectivity index (χ4v) is 3.22. The number of methoxy groups -OCH3 is 1. The molecule has 0 spiro atoms. The summed E-state index contributed by atoms with van der Waals surface area (Å²) in [5, 5.41) is 6.77. The molecule has 0 aromatic heterocycles. The highest BCUT2D eigenvalue weighted by atomic mass is 127. The third-order valence-electron chi connectivity index (χ3n) is 4.97. The molecule has 0 heterocycles. The molecule has 2 aromatic rings. The molecule has 2 N–H and O–H groups in total. The number of para-hydroxylation sites is 1. The summed E-state index contributed by atoms with van der Waals surface area (Å²) in [7, 11) is 3.49. The molecule has 3 rings (SSSR count). The van der Waals surface area contributed by atoms with Gasteiger partial charge < -0.3 is 15.4 Å². The molecule has 6 heteroatoms. The largest absolute Gasteiger partial charge is 0.496 e. The van der Waals surface area contributed by atoms with E-state index in [0.717, 1.165) is 49.6 Å². The number of halogens is 2. The first kappa shape index (κ1) is 21.5. The molecule has 0 bridgehead atoms. The molecule has 2 aromatic carbocycles. The average Bonchev–Trinajstić information content (AvgIpc) is 3.47. The van der Waals surface area contributed by atoms with Gasteiger partial charge in [-0.15, -0.1) is 24.0 Å². The predicted octanol–water partition coefficient (Wildman–Crippen LogP) is 3.89. The van der Waals surface area contributed by atoms with Gasteiger partial charge in [0.05, 0.1) is 7.11 Å². The lowest BCUT2D eigenvalue weighted by atomic mass is 9.95. The van der Waals surface area contributed by atoms with Crippen molar-refractivity contribution in [3.05, 3.63) is 65.5 Å². The van der Waals surface area contributed by atoms with E-state index in [2.05, 4.69) is 27.8 Å². The van der Waals surface area contributed by atoms with E-state index in [-0.39, 0.29) is 35.2 Å². The van der Waals surface area contributed by atoms with Crippen LogP contribution in [0.3, 0.4) is 0 Å². The Hall–Kier alpha value is -1.83. The van der Waals surface area contributed by atoms with Crippen LogP contribution in [0.1, 0.15) is 24.0 Å². The van der Waals surface area contributed by atoms with Crippen LogP contribution in [0.4, 0.5) is 4.39 Å². The van der Waals surface area contributed by atoms with E-state index < -0.39 is 0 Å². The van der Waals surface area contributed by atoms with Gasteiger partial charge in [-0.3, -0.25) is 4.99 Å². The van der Waals surface area contributed by atoms with Gasteiger partial charge in [-0.2, -0.15) is 0 Å². The number of benzene rings is 2. The van der Waals surface area contributed by atoms with Crippen LogP contribution in [0.2, 0.25) is 0 Å². The smallest absolute Gasteiger partial charge is 0.191 e. The van der Waals surface area contributed by atoms with Crippen LogP contribution >= 0.6 is 24.0 Å². The quantitative estimate of drug-likeness (QED) is 0.357. The third kappa shape index (κ3) is 5.57. The number of hydrogen-bond acceptors (Lipinski definition) is 2. The minimum absolute atomic E-state index is 0. The van der Waals surface area contributed by atoms with Gasteiger partial charge in [0, 0.05) is 31.1 Å². The molecule has 1 saturated carbocycles. The van der Waals surface area contributed by atoms with Crippen molar-refractivity contribution in [2.75, 3.05) is 27.2 Å². The Kier molecular flexibility index (Phi) is 7.89. The molecule has 1 fully saturated rings. The first-order chi connectivity index (χ1) is 12.7. The normalized spacial score (nSPS) is 14.9. The molecule has 4 nitrogen and oxygen atoms in total. The minimum atomic E-state index is -0.203. The van der Waals surface area contributed by atoms with Gasteiger partial charge in [-0.1, -0.05) is 30.3 Å². The molecule has 0 amide bonds. The van der Waals surface area contributed by atoms with Crippen LogP contribution in [-0.2, 0) is 11.8 Å². The van der Waals surface area contributed by atoms with Gasteiger partial charge in [-0.05, 0) is 43.0 Å². The van der Waals surface area contributed by atoms with Gasteiger partial charge in [0.2, 0.25) is 0 Å².